The molecular weight excluding hydrogens is 288 g/mol. The summed E-state index contributed by atoms with van der Waals surface area (Å²) in [6.45, 7) is 2.34. The number of benzene rings is 2. The van der Waals surface area contributed by atoms with E-state index in [0.717, 1.165) is 16.7 Å². The van der Waals surface area contributed by atoms with E-state index in [9.17, 15) is 8.42 Å². The average molecular weight is 302 g/mol. The van der Waals surface area contributed by atoms with Crippen LogP contribution >= 0.6 is 0 Å². The maximum absolute atomic E-state index is 12.3. The SMILES string of the molecule is Cc1ccc(S(=O)(=O)OC2N=NCc3ccccc32)cc1. The van der Waals surface area contributed by atoms with Crippen LogP contribution in [0, 0.1) is 6.92 Å². The van der Waals surface area contributed by atoms with Crippen molar-refractivity contribution in [3.05, 3.63) is 65.2 Å². The molecule has 5 nitrogen and oxygen atoms in total. The zero-order valence-electron chi connectivity index (χ0n) is 11.4. The Morgan fingerprint density at radius 3 is 2.57 bits per heavy atom. The summed E-state index contributed by atoms with van der Waals surface area (Å²) >= 11 is 0. The first-order valence-corrected chi connectivity index (χ1v) is 7.91. The molecule has 0 fully saturated rings. The standard InChI is InChI=1S/C15H14N2O3S/c1-11-6-8-13(9-7-11)21(18,19)20-15-14-5-3-2-4-12(14)10-16-17-15/h2-9,15H,10H2,1H3. The maximum atomic E-state index is 12.3. The lowest BCUT2D eigenvalue weighted by Gasteiger charge is -2.18. The maximum Gasteiger partial charge on any atom is 0.299 e. The summed E-state index contributed by atoms with van der Waals surface area (Å²) < 4.78 is 29.8. The highest BCUT2D eigenvalue weighted by molar-refractivity contribution is 7.86. The fourth-order valence-corrected chi connectivity index (χ4v) is 3.09. The van der Waals surface area contributed by atoms with Gasteiger partial charge in [-0.25, -0.2) is 4.18 Å². The number of hydrogen-bond acceptors (Lipinski definition) is 5. The zero-order chi connectivity index (χ0) is 14.9. The molecule has 2 aromatic carbocycles. The van der Waals surface area contributed by atoms with E-state index in [1.807, 2.05) is 31.2 Å². The molecule has 0 aliphatic carbocycles. The second-order valence-corrected chi connectivity index (χ2v) is 6.40. The van der Waals surface area contributed by atoms with Gasteiger partial charge < -0.3 is 0 Å². The van der Waals surface area contributed by atoms with Gasteiger partial charge in [-0.05, 0) is 24.6 Å². The van der Waals surface area contributed by atoms with Crippen LogP contribution in [0.1, 0.15) is 22.9 Å². The predicted octanol–water partition coefficient (Wildman–Crippen LogP) is 3.36. The molecule has 0 radical (unpaired) electrons. The van der Waals surface area contributed by atoms with Crippen molar-refractivity contribution in [2.45, 2.75) is 24.6 Å². The Morgan fingerprint density at radius 2 is 1.81 bits per heavy atom. The normalized spacial score (nSPS) is 17.5. The molecule has 0 saturated heterocycles. The van der Waals surface area contributed by atoms with Gasteiger partial charge in [0, 0.05) is 5.56 Å². The molecule has 1 atom stereocenters. The first kappa shape index (κ1) is 13.9. The fourth-order valence-electron chi connectivity index (χ4n) is 2.12. The van der Waals surface area contributed by atoms with Crippen molar-refractivity contribution < 1.29 is 12.6 Å². The number of azo groups is 1. The van der Waals surface area contributed by atoms with Gasteiger partial charge in [-0.15, -0.1) is 0 Å². The van der Waals surface area contributed by atoms with E-state index in [-0.39, 0.29) is 4.90 Å². The Balaban J connectivity index is 1.91. The van der Waals surface area contributed by atoms with Gasteiger partial charge in [0.2, 0.25) is 6.23 Å². The third kappa shape index (κ3) is 2.86. The fraction of sp³-hybridized carbons (Fsp3) is 0.200. The van der Waals surface area contributed by atoms with Crippen molar-refractivity contribution in [3.8, 4) is 0 Å². The molecule has 0 spiro atoms. The van der Waals surface area contributed by atoms with Gasteiger partial charge in [0.1, 0.15) is 0 Å². The molecule has 1 aliphatic heterocycles. The van der Waals surface area contributed by atoms with E-state index in [1.54, 1.807) is 12.1 Å². The Hall–Kier alpha value is -2.05. The number of rotatable bonds is 3. The van der Waals surface area contributed by atoms with Crippen LogP contribution < -0.4 is 0 Å². The van der Waals surface area contributed by atoms with Crippen molar-refractivity contribution in [2.24, 2.45) is 10.2 Å². The molecule has 2 aromatic rings. The Labute approximate surface area is 123 Å². The smallest absolute Gasteiger partial charge is 0.232 e. The average Bonchev–Trinajstić information content (AvgIpc) is 2.48. The number of aryl methyl sites for hydroxylation is 1. The van der Waals surface area contributed by atoms with E-state index in [4.69, 9.17) is 4.18 Å². The third-order valence-corrected chi connectivity index (χ3v) is 4.56. The van der Waals surface area contributed by atoms with Crippen LogP contribution in [-0.2, 0) is 20.8 Å². The minimum Gasteiger partial charge on any atom is -0.232 e. The molecule has 0 amide bonds. The Bertz CT molecular complexity index is 783. The molecule has 3 rings (SSSR count). The van der Waals surface area contributed by atoms with Crippen LogP contribution in [0.25, 0.3) is 0 Å². The van der Waals surface area contributed by atoms with Gasteiger partial charge >= 0.3 is 0 Å². The van der Waals surface area contributed by atoms with E-state index >= 15 is 0 Å². The monoisotopic (exact) mass is 302 g/mol. The van der Waals surface area contributed by atoms with Gasteiger partial charge in [-0.2, -0.15) is 18.6 Å². The zero-order valence-corrected chi connectivity index (χ0v) is 12.2. The van der Waals surface area contributed by atoms with Crippen LogP contribution in [0.5, 0.6) is 0 Å². The lowest BCUT2D eigenvalue weighted by atomic mass is 10.1. The summed E-state index contributed by atoms with van der Waals surface area (Å²) in [5.74, 6) is 0. The quantitative estimate of drug-likeness (QED) is 0.816. The van der Waals surface area contributed by atoms with Crippen LogP contribution in [0.15, 0.2) is 63.7 Å². The molecule has 0 N–H and O–H groups in total. The first-order valence-electron chi connectivity index (χ1n) is 6.51. The second kappa shape index (κ2) is 5.38. The Morgan fingerprint density at radius 1 is 1.10 bits per heavy atom. The van der Waals surface area contributed by atoms with Crippen LogP contribution in [0.4, 0.5) is 0 Å². The number of nitrogens with zero attached hydrogens (tertiary/aromatic N) is 2. The van der Waals surface area contributed by atoms with E-state index in [1.165, 1.54) is 12.1 Å². The third-order valence-electron chi connectivity index (χ3n) is 3.28. The minimum atomic E-state index is -3.87. The summed E-state index contributed by atoms with van der Waals surface area (Å²) in [5, 5.41) is 7.85. The van der Waals surface area contributed by atoms with E-state index < -0.39 is 16.3 Å². The number of hydrogen-bond donors (Lipinski definition) is 0. The lowest BCUT2D eigenvalue weighted by molar-refractivity contribution is 0.207. The molecule has 0 aromatic heterocycles. The summed E-state index contributed by atoms with van der Waals surface area (Å²) in [6.07, 6.45) is -0.916. The predicted molar refractivity (Wildman–Crippen MR) is 77.2 cm³/mol. The van der Waals surface area contributed by atoms with Crippen molar-refractivity contribution >= 4 is 10.1 Å². The Kier molecular flexibility index (Phi) is 3.57. The second-order valence-electron chi connectivity index (χ2n) is 4.83. The van der Waals surface area contributed by atoms with Crippen LogP contribution in [0.3, 0.4) is 0 Å². The molecule has 21 heavy (non-hydrogen) atoms. The topological polar surface area (TPSA) is 68.1 Å². The number of fused-ring (bicyclic) bond motifs is 1. The molecule has 1 heterocycles. The van der Waals surface area contributed by atoms with E-state index in [2.05, 4.69) is 10.2 Å². The van der Waals surface area contributed by atoms with Gasteiger partial charge in [-0.3, -0.25) is 0 Å². The van der Waals surface area contributed by atoms with Gasteiger partial charge in [-0.1, -0.05) is 42.0 Å². The summed E-state index contributed by atoms with van der Waals surface area (Å²) in [4.78, 5) is 0.117. The van der Waals surface area contributed by atoms with Gasteiger partial charge in [0.05, 0.1) is 11.4 Å². The van der Waals surface area contributed by atoms with Crippen LogP contribution in [0.2, 0.25) is 0 Å². The molecular formula is C15H14N2O3S. The molecule has 0 bridgehead atoms. The summed E-state index contributed by atoms with van der Waals surface area (Å²) in [6, 6.07) is 13.9. The van der Waals surface area contributed by atoms with Crippen molar-refractivity contribution in [1.82, 2.24) is 0 Å². The highest BCUT2D eigenvalue weighted by atomic mass is 32.2. The van der Waals surface area contributed by atoms with Crippen molar-refractivity contribution in [2.75, 3.05) is 0 Å². The largest absolute Gasteiger partial charge is 0.299 e. The molecule has 6 heteroatoms. The van der Waals surface area contributed by atoms with Crippen LogP contribution in [-0.4, -0.2) is 8.42 Å². The summed E-state index contributed by atoms with van der Waals surface area (Å²) in [5.41, 5.74) is 2.65. The summed E-state index contributed by atoms with van der Waals surface area (Å²) in [7, 11) is -3.87. The van der Waals surface area contributed by atoms with E-state index in [0.29, 0.717) is 6.54 Å². The molecule has 0 saturated carbocycles. The highest BCUT2D eigenvalue weighted by Crippen LogP contribution is 2.31. The molecule has 1 unspecified atom stereocenters. The molecule has 108 valence electrons. The van der Waals surface area contributed by atoms with Gasteiger partial charge in [0.15, 0.2) is 0 Å². The van der Waals surface area contributed by atoms with Crippen molar-refractivity contribution in [1.29, 1.82) is 0 Å². The lowest BCUT2D eigenvalue weighted by Crippen LogP contribution is -2.14. The van der Waals surface area contributed by atoms with Crippen molar-refractivity contribution in [3.63, 3.8) is 0 Å². The first-order chi connectivity index (χ1) is 10.1. The van der Waals surface area contributed by atoms with Gasteiger partial charge in [0.25, 0.3) is 10.1 Å². The molecule has 1 aliphatic rings. The highest BCUT2D eigenvalue weighted by Gasteiger charge is 2.26. The minimum absolute atomic E-state index is 0.117.